The van der Waals surface area contributed by atoms with E-state index in [-0.39, 0.29) is 0 Å². The molecule has 0 amide bonds. The average molecular weight is 308 g/mol. The lowest BCUT2D eigenvalue weighted by molar-refractivity contribution is -0.275. The van der Waals surface area contributed by atoms with E-state index in [1.165, 1.54) is 0 Å². The largest absolute Gasteiger partial charge is 0.573 e. The van der Waals surface area contributed by atoms with Crippen molar-refractivity contribution in [3.8, 4) is 11.5 Å². The molecule has 3 nitrogen and oxygen atoms in total. The zero-order valence-electron chi connectivity index (χ0n) is 7.23. The Morgan fingerprint density at radius 1 is 1.38 bits per heavy atom. The van der Waals surface area contributed by atoms with Crippen LogP contribution in [0.2, 0.25) is 0 Å². The zero-order valence-corrected chi connectivity index (χ0v) is 8.81. The SMILES string of the molecule is Oc1cnc(Br)c(OC(F)(F)F)c1C(F)F. The van der Waals surface area contributed by atoms with E-state index in [2.05, 4.69) is 25.7 Å². The molecule has 1 aromatic rings. The third kappa shape index (κ3) is 2.94. The van der Waals surface area contributed by atoms with Crippen molar-refractivity contribution in [1.82, 2.24) is 4.98 Å². The van der Waals surface area contributed by atoms with Crippen molar-refractivity contribution in [2.24, 2.45) is 0 Å². The molecule has 0 atom stereocenters. The van der Waals surface area contributed by atoms with Gasteiger partial charge in [0.1, 0.15) is 15.9 Å². The summed E-state index contributed by atoms with van der Waals surface area (Å²) in [6.45, 7) is 0. The van der Waals surface area contributed by atoms with E-state index in [9.17, 15) is 22.0 Å². The normalized spacial score (nSPS) is 11.9. The molecule has 0 aliphatic carbocycles. The standard InChI is InChI=1S/C7H3BrF5NO2/c8-5-4(16-7(11,12)13)3(6(9)10)2(15)1-14-5/h1,6,15H. The number of pyridine rings is 1. The first-order valence-corrected chi connectivity index (χ1v) is 4.43. The number of aromatic nitrogens is 1. The fraction of sp³-hybridized carbons (Fsp3) is 0.286. The molecule has 16 heavy (non-hydrogen) atoms. The molecule has 90 valence electrons. The Hall–Kier alpha value is -1.12. The minimum absolute atomic E-state index is 0.571. The minimum atomic E-state index is -5.15. The highest BCUT2D eigenvalue weighted by atomic mass is 79.9. The summed E-state index contributed by atoms with van der Waals surface area (Å²) in [4.78, 5) is 3.21. The highest BCUT2D eigenvalue weighted by Gasteiger charge is 2.36. The van der Waals surface area contributed by atoms with Gasteiger partial charge in [0.15, 0.2) is 5.75 Å². The van der Waals surface area contributed by atoms with Crippen molar-refractivity contribution in [3.05, 3.63) is 16.4 Å². The molecule has 0 aliphatic heterocycles. The van der Waals surface area contributed by atoms with Crippen molar-refractivity contribution < 1.29 is 31.8 Å². The number of hydrogen-bond donors (Lipinski definition) is 1. The Labute approximate surface area is 94.0 Å². The van der Waals surface area contributed by atoms with Crippen molar-refractivity contribution in [2.45, 2.75) is 12.8 Å². The Bertz CT molecular complexity index is 395. The summed E-state index contributed by atoms with van der Waals surface area (Å²) in [6.07, 6.45) is -7.88. The number of nitrogens with zero attached hydrogens (tertiary/aromatic N) is 1. The van der Waals surface area contributed by atoms with Crippen LogP contribution in [0.4, 0.5) is 22.0 Å². The molecule has 1 rings (SSSR count). The Kier molecular flexibility index (Phi) is 3.56. The summed E-state index contributed by atoms with van der Waals surface area (Å²) in [5.74, 6) is -2.32. The smallest absolute Gasteiger partial charge is 0.506 e. The molecule has 0 radical (unpaired) electrons. The molecule has 0 bridgehead atoms. The Balaban J connectivity index is 3.29. The van der Waals surface area contributed by atoms with Gasteiger partial charge in [-0.3, -0.25) is 0 Å². The summed E-state index contributed by atoms with van der Waals surface area (Å²) in [5, 5.41) is 8.97. The monoisotopic (exact) mass is 307 g/mol. The second-order valence-corrected chi connectivity index (χ2v) is 3.28. The second-order valence-electron chi connectivity index (χ2n) is 2.53. The van der Waals surface area contributed by atoms with Crippen LogP contribution >= 0.6 is 15.9 Å². The second kappa shape index (κ2) is 4.40. The number of halogens is 6. The van der Waals surface area contributed by atoms with Gasteiger partial charge in [0.05, 0.1) is 6.20 Å². The van der Waals surface area contributed by atoms with E-state index in [4.69, 9.17) is 5.11 Å². The van der Waals surface area contributed by atoms with Crippen molar-refractivity contribution in [2.75, 3.05) is 0 Å². The van der Waals surface area contributed by atoms with Gasteiger partial charge in [0, 0.05) is 0 Å². The molecule has 0 aliphatic rings. The summed E-state index contributed by atoms with van der Waals surface area (Å²) < 4.78 is 63.3. The van der Waals surface area contributed by atoms with E-state index < -0.39 is 34.5 Å². The van der Waals surface area contributed by atoms with Crippen LogP contribution in [0.15, 0.2) is 10.8 Å². The van der Waals surface area contributed by atoms with E-state index in [1.54, 1.807) is 0 Å². The van der Waals surface area contributed by atoms with Crippen LogP contribution in [0, 0.1) is 0 Å². The van der Waals surface area contributed by atoms with Crippen LogP contribution in [0.3, 0.4) is 0 Å². The Morgan fingerprint density at radius 3 is 2.38 bits per heavy atom. The summed E-state index contributed by atoms with van der Waals surface area (Å²) in [5.41, 5.74) is -1.26. The van der Waals surface area contributed by atoms with Crippen molar-refractivity contribution in [1.29, 1.82) is 0 Å². The zero-order chi connectivity index (χ0) is 12.5. The molecule has 0 saturated heterocycles. The lowest BCUT2D eigenvalue weighted by Crippen LogP contribution is -2.19. The van der Waals surface area contributed by atoms with Gasteiger partial charge in [0.2, 0.25) is 0 Å². The predicted molar refractivity (Wildman–Crippen MR) is 45.2 cm³/mol. The fourth-order valence-electron chi connectivity index (χ4n) is 0.897. The third-order valence-electron chi connectivity index (χ3n) is 1.44. The highest BCUT2D eigenvalue weighted by molar-refractivity contribution is 9.10. The molecule has 0 spiro atoms. The molecule has 0 saturated carbocycles. The lowest BCUT2D eigenvalue weighted by Gasteiger charge is -2.14. The molecule has 1 N–H and O–H groups in total. The predicted octanol–water partition coefficient (Wildman–Crippen LogP) is 3.39. The van der Waals surface area contributed by atoms with E-state index in [0.29, 0.717) is 6.20 Å². The molecule has 1 aromatic heterocycles. The topological polar surface area (TPSA) is 42.4 Å². The van der Waals surface area contributed by atoms with E-state index in [0.717, 1.165) is 0 Å². The number of aromatic hydroxyl groups is 1. The molecular weight excluding hydrogens is 305 g/mol. The number of alkyl halides is 5. The van der Waals surface area contributed by atoms with Crippen LogP contribution < -0.4 is 4.74 Å². The highest BCUT2D eigenvalue weighted by Crippen LogP contribution is 2.41. The lowest BCUT2D eigenvalue weighted by atomic mass is 10.2. The van der Waals surface area contributed by atoms with Gasteiger partial charge in [-0.25, -0.2) is 13.8 Å². The first kappa shape index (κ1) is 12.9. The maximum atomic E-state index is 12.4. The van der Waals surface area contributed by atoms with Crippen LogP contribution in [0.1, 0.15) is 12.0 Å². The van der Waals surface area contributed by atoms with E-state index >= 15 is 0 Å². The van der Waals surface area contributed by atoms with Gasteiger partial charge in [-0.1, -0.05) is 0 Å². The van der Waals surface area contributed by atoms with Crippen LogP contribution in [-0.2, 0) is 0 Å². The summed E-state index contributed by atoms with van der Waals surface area (Å²) in [6, 6.07) is 0. The molecule has 0 aromatic carbocycles. The maximum Gasteiger partial charge on any atom is 0.573 e. The fourth-order valence-corrected chi connectivity index (χ4v) is 1.29. The summed E-state index contributed by atoms with van der Waals surface area (Å²) in [7, 11) is 0. The molecule has 1 heterocycles. The van der Waals surface area contributed by atoms with Gasteiger partial charge >= 0.3 is 6.36 Å². The van der Waals surface area contributed by atoms with Crippen LogP contribution in [0.25, 0.3) is 0 Å². The van der Waals surface area contributed by atoms with Gasteiger partial charge in [0.25, 0.3) is 6.43 Å². The van der Waals surface area contributed by atoms with Gasteiger partial charge in [-0.2, -0.15) is 0 Å². The molecule has 9 heteroatoms. The maximum absolute atomic E-state index is 12.4. The first-order chi connectivity index (χ1) is 7.22. The van der Waals surface area contributed by atoms with Crippen molar-refractivity contribution >= 4 is 15.9 Å². The van der Waals surface area contributed by atoms with Crippen LogP contribution in [-0.4, -0.2) is 16.5 Å². The average Bonchev–Trinajstić information content (AvgIpc) is 2.08. The van der Waals surface area contributed by atoms with Crippen molar-refractivity contribution in [3.63, 3.8) is 0 Å². The van der Waals surface area contributed by atoms with E-state index in [1.807, 2.05) is 0 Å². The quantitative estimate of drug-likeness (QED) is 0.673. The molecule has 0 unspecified atom stereocenters. The van der Waals surface area contributed by atoms with Gasteiger partial charge in [-0.15, -0.1) is 13.2 Å². The number of rotatable bonds is 2. The first-order valence-electron chi connectivity index (χ1n) is 3.63. The third-order valence-corrected chi connectivity index (χ3v) is 2.01. The van der Waals surface area contributed by atoms with Gasteiger partial charge < -0.3 is 9.84 Å². The minimum Gasteiger partial charge on any atom is -0.506 e. The molecular formula is C7H3BrF5NO2. The number of ether oxygens (including phenoxy) is 1. The molecule has 0 fully saturated rings. The van der Waals surface area contributed by atoms with Gasteiger partial charge in [-0.05, 0) is 15.9 Å². The Morgan fingerprint density at radius 2 is 1.94 bits per heavy atom. The number of hydrogen-bond acceptors (Lipinski definition) is 3. The summed E-state index contributed by atoms with van der Waals surface area (Å²) >= 11 is 2.52. The van der Waals surface area contributed by atoms with Crippen LogP contribution in [0.5, 0.6) is 11.5 Å².